The van der Waals surface area contributed by atoms with Crippen LogP contribution in [0.4, 0.5) is 11.4 Å². The van der Waals surface area contributed by atoms with Gasteiger partial charge in [0.15, 0.2) is 0 Å². The molecule has 1 aromatic carbocycles. The van der Waals surface area contributed by atoms with Crippen LogP contribution in [-0.2, 0) is 14.3 Å². The van der Waals surface area contributed by atoms with Gasteiger partial charge in [-0.1, -0.05) is 6.08 Å². The monoisotopic (exact) mass is 377 g/mol. The van der Waals surface area contributed by atoms with Crippen LogP contribution in [0.1, 0.15) is 19.3 Å². The second-order valence-corrected chi connectivity index (χ2v) is 6.70. The van der Waals surface area contributed by atoms with E-state index >= 15 is 0 Å². The molecule has 0 radical (unpaired) electrons. The summed E-state index contributed by atoms with van der Waals surface area (Å²) in [6.07, 6.45) is 3.92. The molecule has 3 rings (SSSR count). The first-order chi connectivity index (χ1) is 12.7. The van der Waals surface area contributed by atoms with Gasteiger partial charge in [0, 0.05) is 43.3 Å². The zero-order valence-electron chi connectivity index (χ0n) is 14.7. The Hall–Kier alpha value is -2.05. The molecule has 2 heterocycles. The van der Waals surface area contributed by atoms with Gasteiger partial charge in [0.2, 0.25) is 5.91 Å². The Morgan fingerprint density at radius 3 is 2.58 bits per heavy atom. The number of carbonyl (C=O) groups excluding carboxylic acids is 2. The van der Waals surface area contributed by atoms with Crippen LogP contribution in [0.5, 0.6) is 0 Å². The van der Waals surface area contributed by atoms with Crippen LogP contribution in [0.25, 0.3) is 0 Å². The number of benzene rings is 1. The van der Waals surface area contributed by atoms with Crippen molar-refractivity contribution in [3.8, 4) is 0 Å². The lowest BCUT2D eigenvalue weighted by Gasteiger charge is -2.35. The molecule has 1 fully saturated rings. The summed E-state index contributed by atoms with van der Waals surface area (Å²) in [5, 5.41) is 2.84. The summed E-state index contributed by atoms with van der Waals surface area (Å²) in [6.45, 7) is 3.47. The van der Waals surface area contributed by atoms with Gasteiger partial charge in [-0.05, 0) is 37.1 Å². The number of alkyl halides is 1. The molecule has 0 bridgehead atoms. The highest BCUT2D eigenvalue weighted by atomic mass is 35.5. The fraction of sp³-hybridized carbons (Fsp3) is 0.474. The number of ether oxygens (including phenoxy) is 1. The Bertz CT molecular complexity index is 669. The number of halogens is 1. The van der Waals surface area contributed by atoms with Crippen LogP contribution in [-0.4, -0.2) is 55.4 Å². The molecule has 0 spiro atoms. The number of hydrogen-bond donors (Lipinski definition) is 1. The van der Waals surface area contributed by atoms with E-state index in [-0.39, 0.29) is 11.8 Å². The molecule has 140 valence electrons. The minimum atomic E-state index is -0.0509. The lowest BCUT2D eigenvalue weighted by Crippen LogP contribution is -2.45. The van der Waals surface area contributed by atoms with Crippen molar-refractivity contribution >= 4 is 34.8 Å². The SMILES string of the molecule is O=C(CCCCl)Nc1ccc(N2CCC=C(N3CCOCC3)C2=O)cc1. The number of nitrogens with zero attached hydrogens (tertiary/aromatic N) is 2. The molecule has 2 amide bonds. The summed E-state index contributed by atoms with van der Waals surface area (Å²) in [4.78, 5) is 28.6. The van der Waals surface area contributed by atoms with Gasteiger partial charge in [-0.25, -0.2) is 0 Å². The molecule has 6 nitrogen and oxygen atoms in total. The van der Waals surface area contributed by atoms with E-state index in [1.54, 1.807) is 4.90 Å². The minimum Gasteiger partial charge on any atom is -0.378 e. The zero-order valence-corrected chi connectivity index (χ0v) is 15.5. The van der Waals surface area contributed by atoms with Crippen LogP contribution in [0.15, 0.2) is 36.0 Å². The average Bonchev–Trinajstić information content (AvgIpc) is 2.68. The fourth-order valence-corrected chi connectivity index (χ4v) is 3.28. The first kappa shape index (κ1) is 18.7. The summed E-state index contributed by atoms with van der Waals surface area (Å²) in [7, 11) is 0. The maximum Gasteiger partial charge on any atom is 0.274 e. The van der Waals surface area contributed by atoms with Crippen molar-refractivity contribution in [3.63, 3.8) is 0 Å². The van der Waals surface area contributed by atoms with E-state index in [4.69, 9.17) is 16.3 Å². The standard InChI is InChI=1S/C19H24ClN3O3/c20-9-1-4-18(24)21-15-5-7-16(8-6-15)23-10-2-3-17(19(23)25)22-11-13-26-14-12-22/h3,5-8H,1-2,4,9-14H2,(H,21,24). The molecular weight excluding hydrogens is 354 g/mol. The normalized spacial score (nSPS) is 17.9. The number of anilines is 2. The molecule has 2 aliphatic rings. The Morgan fingerprint density at radius 1 is 1.15 bits per heavy atom. The van der Waals surface area contributed by atoms with Crippen molar-refractivity contribution in [1.82, 2.24) is 4.90 Å². The molecule has 1 saturated heterocycles. The van der Waals surface area contributed by atoms with Crippen molar-refractivity contribution in [2.24, 2.45) is 0 Å². The van der Waals surface area contributed by atoms with E-state index in [0.717, 1.165) is 36.6 Å². The first-order valence-corrected chi connectivity index (χ1v) is 9.53. The zero-order chi connectivity index (χ0) is 18.4. The summed E-state index contributed by atoms with van der Waals surface area (Å²) in [6, 6.07) is 7.40. The van der Waals surface area contributed by atoms with E-state index in [9.17, 15) is 9.59 Å². The molecule has 7 heteroatoms. The maximum atomic E-state index is 12.9. The third kappa shape index (κ3) is 4.56. The molecule has 0 aliphatic carbocycles. The van der Waals surface area contributed by atoms with E-state index in [1.165, 1.54) is 0 Å². The second-order valence-electron chi connectivity index (χ2n) is 6.32. The summed E-state index contributed by atoms with van der Waals surface area (Å²) in [5.41, 5.74) is 2.33. The molecule has 0 unspecified atom stereocenters. The highest BCUT2D eigenvalue weighted by Gasteiger charge is 2.28. The van der Waals surface area contributed by atoms with Gasteiger partial charge in [-0.15, -0.1) is 11.6 Å². The molecule has 0 atom stereocenters. The van der Waals surface area contributed by atoms with Crippen LogP contribution in [0, 0.1) is 0 Å². The van der Waals surface area contributed by atoms with E-state index < -0.39 is 0 Å². The highest BCUT2D eigenvalue weighted by molar-refractivity contribution is 6.18. The van der Waals surface area contributed by atoms with Gasteiger partial charge in [-0.2, -0.15) is 0 Å². The number of amides is 2. The average molecular weight is 378 g/mol. The van der Waals surface area contributed by atoms with Crippen LogP contribution < -0.4 is 10.2 Å². The smallest absolute Gasteiger partial charge is 0.274 e. The third-order valence-corrected chi connectivity index (χ3v) is 4.77. The lowest BCUT2D eigenvalue weighted by molar-refractivity contribution is -0.118. The van der Waals surface area contributed by atoms with Crippen molar-refractivity contribution in [3.05, 3.63) is 36.0 Å². The van der Waals surface area contributed by atoms with E-state index in [2.05, 4.69) is 10.2 Å². The first-order valence-electron chi connectivity index (χ1n) is 8.99. The predicted molar refractivity (Wildman–Crippen MR) is 102 cm³/mol. The van der Waals surface area contributed by atoms with Crippen LogP contribution in [0.3, 0.4) is 0 Å². The molecular formula is C19H24ClN3O3. The lowest BCUT2D eigenvalue weighted by atomic mass is 10.1. The highest BCUT2D eigenvalue weighted by Crippen LogP contribution is 2.25. The molecule has 2 aliphatic heterocycles. The van der Waals surface area contributed by atoms with Gasteiger partial charge < -0.3 is 19.9 Å². The van der Waals surface area contributed by atoms with Crippen molar-refractivity contribution in [1.29, 1.82) is 0 Å². The Labute approximate surface area is 158 Å². The second kappa shape index (κ2) is 9.05. The van der Waals surface area contributed by atoms with Crippen LogP contribution in [0.2, 0.25) is 0 Å². The van der Waals surface area contributed by atoms with Gasteiger partial charge in [-0.3, -0.25) is 9.59 Å². The molecule has 26 heavy (non-hydrogen) atoms. The largest absolute Gasteiger partial charge is 0.378 e. The van der Waals surface area contributed by atoms with Crippen molar-refractivity contribution in [2.75, 3.05) is 48.9 Å². The van der Waals surface area contributed by atoms with Crippen molar-refractivity contribution < 1.29 is 14.3 Å². The number of nitrogens with one attached hydrogen (secondary N) is 1. The van der Waals surface area contributed by atoms with Gasteiger partial charge in [0.25, 0.3) is 5.91 Å². The number of hydrogen-bond acceptors (Lipinski definition) is 4. The maximum absolute atomic E-state index is 12.9. The number of rotatable bonds is 6. The van der Waals surface area contributed by atoms with Gasteiger partial charge in [0.05, 0.1) is 18.9 Å². The van der Waals surface area contributed by atoms with Gasteiger partial charge in [0.1, 0.15) is 0 Å². The number of carbonyl (C=O) groups is 2. The summed E-state index contributed by atoms with van der Waals surface area (Å²) in [5.74, 6) is 0.449. The third-order valence-electron chi connectivity index (χ3n) is 4.51. The molecule has 0 aromatic heterocycles. The Balaban J connectivity index is 1.64. The fourth-order valence-electron chi connectivity index (χ4n) is 3.15. The molecule has 1 aromatic rings. The molecule has 0 saturated carbocycles. The topological polar surface area (TPSA) is 61.9 Å². The Kier molecular flexibility index (Phi) is 6.52. The van der Waals surface area contributed by atoms with Crippen molar-refractivity contribution in [2.45, 2.75) is 19.3 Å². The summed E-state index contributed by atoms with van der Waals surface area (Å²) >= 11 is 5.60. The quantitative estimate of drug-likeness (QED) is 0.774. The van der Waals surface area contributed by atoms with E-state index in [1.807, 2.05) is 30.3 Å². The van der Waals surface area contributed by atoms with Crippen LogP contribution >= 0.6 is 11.6 Å². The Morgan fingerprint density at radius 2 is 1.88 bits per heavy atom. The van der Waals surface area contributed by atoms with Gasteiger partial charge >= 0.3 is 0 Å². The molecule has 1 N–H and O–H groups in total. The summed E-state index contributed by atoms with van der Waals surface area (Å²) < 4.78 is 5.37. The predicted octanol–water partition coefficient (Wildman–Crippen LogP) is 2.60. The minimum absolute atomic E-state index is 0.0250. The number of morpholine rings is 1. The van der Waals surface area contributed by atoms with E-state index in [0.29, 0.717) is 38.5 Å².